The Balaban J connectivity index is 1.88. The molecule has 220 valence electrons. The van der Waals surface area contributed by atoms with Crippen molar-refractivity contribution in [1.29, 1.82) is 0 Å². The first kappa shape index (κ1) is 31.7. The molecule has 0 fully saturated rings. The van der Waals surface area contributed by atoms with E-state index in [0.717, 1.165) is 22.9 Å². The van der Waals surface area contributed by atoms with Gasteiger partial charge < -0.3 is 15.0 Å². The zero-order valence-corrected chi connectivity index (χ0v) is 25.4. The van der Waals surface area contributed by atoms with Crippen LogP contribution in [-0.2, 0) is 32.6 Å². The molecule has 0 saturated carbocycles. The van der Waals surface area contributed by atoms with E-state index >= 15 is 0 Å². The maximum atomic E-state index is 13.9. The topological polar surface area (TPSA) is 96.0 Å². The first-order chi connectivity index (χ1) is 19.5. The zero-order chi connectivity index (χ0) is 30.0. The molecule has 0 saturated heterocycles. The van der Waals surface area contributed by atoms with E-state index in [-0.39, 0.29) is 43.8 Å². The molecule has 1 N–H and O–H groups in total. The number of hydrogen-bond donors (Lipinski definition) is 1. The molecule has 0 aliphatic carbocycles. The van der Waals surface area contributed by atoms with E-state index in [1.807, 2.05) is 75.4 Å². The van der Waals surface area contributed by atoms with E-state index in [1.54, 1.807) is 29.2 Å². The van der Waals surface area contributed by atoms with Gasteiger partial charge in [0.1, 0.15) is 11.8 Å². The number of carbonyl (C=O) groups is 2. The number of methoxy groups -OCH3 is 1. The fraction of sp³-hybridized carbons (Fsp3) is 0.375. The molecular formula is C32H41N3O5S. The summed E-state index contributed by atoms with van der Waals surface area (Å²) in [4.78, 5) is 29.0. The molecule has 9 heteroatoms. The SMILES string of the molecule is COc1cccc(N(CCCC(=O)N(Cc2cccc(C)c2)[C@@H](Cc2ccccc2)C(=O)NC(C)C)S(C)(=O)=O)c1. The monoisotopic (exact) mass is 579 g/mol. The summed E-state index contributed by atoms with van der Waals surface area (Å²) < 4.78 is 31.8. The molecule has 8 nitrogen and oxygen atoms in total. The summed E-state index contributed by atoms with van der Waals surface area (Å²) in [6.45, 7) is 6.14. The van der Waals surface area contributed by atoms with Crippen LogP contribution >= 0.6 is 0 Å². The summed E-state index contributed by atoms with van der Waals surface area (Å²) in [5.74, 6) is 0.0981. The number of aryl methyl sites for hydroxylation is 1. The van der Waals surface area contributed by atoms with Crippen LogP contribution in [0.4, 0.5) is 5.69 Å². The van der Waals surface area contributed by atoms with Crippen LogP contribution in [-0.4, -0.2) is 57.1 Å². The summed E-state index contributed by atoms with van der Waals surface area (Å²) in [7, 11) is -2.09. The van der Waals surface area contributed by atoms with Crippen LogP contribution in [0.25, 0.3) is 0 Å². The Morgan fingerprint density at radius 2 is 1.61 bits per heavy atom. The van der Waals surface area contributed by atoms with Gasteiger partial charge in [0, 0.05) is 38.0 Å². The largest absolute Gasteiger partial charge is 0.497 e. The summed E-state index contributed by atoms with van der Waals surface area (Å²) in [6, 6.07) is 23.5. The minimum atomic E-state index is -3.61. The van der Waals surface area contributed by atoms with E-state index in [1.165, 1.54) is 11.4 Å². The van der Waals surface area contributed by atoms with Crippen LogP contribution in [0.1, 0.15) is 43.4 Å². The number of amides is 2. The lowest BCUT2D eigenvalue weighted by molar-refractivity contribution is -0.141. The van der Waals surface area contributed by atoms with Crippen molar-refractivity contribution in [2.45, 2.75) is 58.7 Å². The first-order valence-electron chi connectivity index (χ1n) is 13.8. The van der Waals surface area contributed by atoms with Gasteiger partial charge in [0.25, 0.3) is 0 Å². The summed E-state index contributed by atoms with van der Waals surface area (Å²) >= 11 is 0. The second kappa shape index (κ2) is 14.7. The Hall–Kier alpha value is -3.85. The fourth-order valence-electron chi connectivity index (χ4n) is 4.71. The van der Waals surface area contributed by atoms with Crippen molar-refractivity contribution in [2.24, 2.45) is 0 Å². The van der Waals surface area contributed by atoms with E-state index in [9.17, 15) is 18.0 Å². The van der Waals surface area contributed by atoms with Crippen LogP contribution < -0.4 is 14.4 Å². The van der Waals surface area contributed by atoms with Gasteiger partial charge in [-0.15, -0.1) is 0 Å². The molecule has 3 rings (SSSR count). The second-order valence-electron chi connectivity index (χ2n) is 10.5. The fourth-order valence-corrected chi connectivity index (χ4v) is 5.67. The van der Waals surface area contributed by atoms with Gasteiger partial charge in [-0.1, -0.05) is 66.2 Å². The molecule has 41 heavy (non-hydrogen) atoms. The van der Waals surface area contributed by atoms with Crippen molar-refractivity contribution in [1.82, 2.24) is 10.2 Å². The molecule has 0 aromatic heterocycles. The highest BCUT2D eigenvalue weighted by Gasteiger charge is 2.31. The molecule has 0 heterocycles. The molecule has 0 bridgehead atoms. The van der Waals surface area contributed by atoms with Gasteiger partial charge in [0.05, 0.1) is 19.1 Å². The molecule has 3 aromatic rings. The van der Waals surface area contributed by atoms with Crippen molar-refractivity contribution >= 4 is 27.5 Å². The molecule has 1 atom stereocenters. The quantitative estimate of drug-likeness (QED) is 0.298. The van der Waals surface area contributed by atoms with Gasteiger partial charge in [0.15, 0.2) is 0 Å². The number of sulfonamides is 1. The van der Waals surface area contributed by atoms with E-state index < -0.39 is 16.1 Å². The van der Waals surface area contributed by atoms with Crippen molar-refractivity contribution in [3.8, 4) is 5.75 Å². The minimum absolute atomic E-state index is 0.0715. The lowest BCUT2D eigenvalue weighted by Gasteiger charge is -2.32. The van der Waals surface area contributed by atoms with Gasteiger partial charge in [-0.3, -0.25) is 13.9 Å². The van der Waals surface area contributed by atoms with E-state index in [0.29, 0.717) is 17.9 Å². The van der Waals surface area contributed by atoms with Crippen molar-refractivity contribution < 1.29 is 22.7 Å². The summed E-state index contributed by atoms with van der Waals surface area (Å²) in [5, 5.41) is 2.99. The van der Waals surface area contributed by atoms with Crippen molar-refractivity contribution in [2.75, 3.05) is 24.2 Å². The minimum Gasteiger partial charge on any atom is -0.497 e. The van der Waals surface area contributed by atoms with Crippen LogP contribution in [0.3, 0.4) is 0 Å². The standard InChI is InChI=1S/C32H41N3O5S/c1-24(2)33-32(37)30(21-26-13-7-6-8-14-26)34(23-27-15-9-12-25(3)20-27)31(36)18-11-19-35(41(5,38)39)28-16-10-17-29(22-28)40-4/h6-10,12-17,20,22,24,30H,11,18-19,21,23H2,1-5H3,(H,33,37)/t30-/m0/s1. The Bertz CT molecular complexity index is 1410. The number of anilines is 1. The number of rotatable bonds is 14. The average molecular weight is 580 g/mol. The van der Waals surface area contributed by atoms with Gasteiger partial charge in [-0.2, -0.15) is 0 Å². The number of nitrogens with zero attached hydrogens (tertiary/aromatic N) is 2. The Morgan fingerprint density at radius 1 is 0.927 bits per heavy atom. The third kappa shape index (κ3) is 9.63. The predicted molar refractivity (Wildman–Crippen MR) is 163 cm³/mol. The maximum Gasteiger partial charge on any atom is 0.243 e. The number of nitrogens with one attached hydrogen (secondary N) is 1. The number of carbonyl (C=O) groups excluding carboxylic acids is 2. The first-order valence-corrected chi connectivity index (χ1v) is 15.6. The highest BCUT2D eigenvalue weighted by atomic mass is 32.2. The third-order valence-corrected chi connectivity index (χ3v) is 7.82. The average Bonchev–Trinajstić information content (AvgIpc) is 2.92. The van der Waals surface area contributed by atoms with E-state index in [2.05, 4.69) is 5.32 Å². The normalized spacial score (nSPS) is 12.0. The molecule has 0 radical (unpaired) electrons. The van der Waals surface area contributed by atoms with E-state index in [4.69, 9.17) is 4.74 Å². The Kier molecular flexibility index (Phi) is 11.3. The molecule has 3 aromatic carbocycles. The van der Waals surface area contributed by atoms with Crippen LogP contribution in [0.2, 0.25) is 0 Å². The van der Waals surface area contributed by atoms with Crippen LogP contribution in [0.5, 0.6) is 5.75 Å². The van der Waals surface area contributed by atoms with Crippen LogP contribution in [0, 0.1) is 6.92 Å². The van der Waals surface area contributed by atoms with Crippen molar-refractivity contribution in [3.05, 3.63) is 95.6 Å². The maximum absolute atomic E-state index is 13.9. The molecule has 0 aliphatic heterocycles. The number of ether oxygens (including phenoxy) is 1. The molecule has 0 spiro atoms. The lowest BCUT2D eigenvalue weighted by Crippen LogP contribution is -2.51. The zero-order valence-electron chi connectivity index (χ0n) is 24.5. The Morgan fingerprint density at radius 3 is 2.24 bits per heavy atom. The van der Waals surface area contributed by atoms with Gasteiger partial charge in [-0.05, 0) is 50.5 Å². The number of benzene rings is 3. The lowest BCUT2D eigenvalue weighted by atomic mass is 10.0. The summed E-state index contributed by atoms with van der Waals surface area (Å²) in [5.41, 5.74) is 3.39. The predicted octanol–water partition coefficient (Wildman–Crippen LogP) is 4.71. The van der Waals surface area contributed by atoms with Gasteiger partial charge in [0.2, 0.25) is 21.8 Å². The smallest absolute Gasteiger partial charge is 0.243 e. The molecule has 0 aliphatic rings. The highest BCUT2D eigenvalue weighted by Crippen LogP contribution is 2.24. The Labute approximate surface area is 244 Å². The molecule has 2 amide bonds. The van der Waals surface area contributed by atoms with Crippen molar-refractivity contribution in [3.63, 3.8) is 0 Å². The third-order valence-electron chi connectivity index (χ3n) is 6.63. The van der Waals surface area contributed by atoms with Crippen LogP contribution in [0.15, 0.2) is 78.9 Å². The highest BCUT2D eigenvalue weighted by molar-refractivity contribution is 7.92. The summed E-state index contributed by atoms with van der Waals surface area (Å²) in [6.07, 6.45) is 1.85. The molecular weight excluding hydrogens is 538 g/mol. The second-order valence-corrected chi connectivity index (χ2v) is 12.4. The molecule has 0 unspecified atom stereocenters. The number of hydrogen-bond acceptors (Lipinski definition) is 5. The van der Waals surface area contributed by atoms with Gasteiger partial charge in [-0.25, -0.2) is 8.42 Å². The van der Waals surface area contributed by atoms with Gasteiger partial charge >= 0.3 is 0 Å².